The van der Waals surface area contributed by atoms with Crippen molar-refractivity contribution >= 4 is 27.1 Å². The van der Waals surface area contributed by atoms with Crippen molar-refractivity contribution < 1.29 is 17.0 Å². The largest absolute Gasteiger partial charge is 0.382 e. The Kier molecular flexibility index (Phi) is 5.14. The van der Waals surface area contributed by atoms with Crippen LogP contribution in [0.4, 0.5) is 10.2 Å². The van der Waals surface area contributed by atoms with E-state index in [-0.39, 0.29) is 12.4 Å². The van der Waals surface area contributed by atoms with Crippen LogP contribution in [0.5, 0.6) is 0 Å². The van der Waals surface area contributed by atoms with Gasteiger partial charge in [-0.3, -0.25) is 9.17 Å². The van der Waals surface area contributed by atoms with Gasteiger partial charge >= 0.3 is 0 Å². The van der Waals surface area contributed by atoms with Crippen LogP contribution in [0.2, 0.25) is 0 Å². The summed E-state index contributed by atoms with van der Waals surface area (Å²) in [4.78, 5) is 16.7. The summed E-state index contributed by atoms with van der Waals surface area (Å²) in [6.07, 6.45) is 4.97. The number of halogens is 1. The minimum absolute atomic E-state index is 0.0446. The molecule has 154 valence electrons. The van der Waals surface area contributed by atoms with E-state index in [1.165, 1.54) is 18.6 Å². The Hall–Kier alpha value is -3.44. The summed E-state index contributed by atoms with van der Waals surface area (Å²) in [5.41, 5.74) is 8.94. The highest BCUT2D eigenvalue weighted by molar-refractivity contribution is 7.85. The van der Waals surface area contributed by atoms with Crippen molar-refractivity contribution in [2.75, 3.05) is 12.0 Å². The maximum atomic E-state index is 13.7. The van der Waals surface area contributed by atoms with Crippen molar-refractivity contribution in [3.63, 3.8) is 0 Å². The van der Waals surface area contributed by atoms with Crippen LogP contribution in [-0.4, -0.2) is 39.2 Å². The van der Waals surface area contributed by atoms with Gasteiger partial charge in [0.15, 0.2) is 17.0 Å². The number of rotatable bonds is 6. The van der Waals surface area contributed by atoms with E-state index in [1.807, 2.05) is 12.1 Å². The molecule has 0 saturated carbocycles. The van der Waals surface area contributed by atoms with Crippen LogP contribution < -0.4 is 5.73 Å². The van der Waals surface area contributed by atoms with Crippen molar-refractivity contribution in [1.82, 2.24) is 24.5 Å². The first kappa shape index (κ1) is 19.9. The number of benzene rings is 1. The second-order valence-electron chi connectivity index (χ2n) is 6.63. The van der Waals surface area contributed by atoms with Crippen molar-refractivity contribution in [2.24, 2.45) is 0 Å². The summed E-state index contributed by atoms with van der Waals surface area (Å²) in [7, 11) is -3.52. The summed E-state index contributed by atoms with van der Waals surface area (Å²) < 4.78 is 42.6. The molecule has 0 saturated heterocycles. The van der Waals surface area contributed by atoms with E-state index in [1.54, 1.807) is 16.7 Å². The number of pyridine rings is 1. The van der Waals surface area contributed by atoms with Gasteiger partial charge in [-0.1, -0.05) is 24.3 Å². The minimum Gasteiger partial charge on any atom is -0.382 e. The molecule has 0 radical (unpaired) electrons. The number of fused-ring (bicyclic) bond motifs is 1. The first-order valence-electron chi connectivity index (χ1n) is 8.80. The number of hydrogen-bond acceptors (Lipinski definition) is 8. The van der Waals surface area contributed by atoms with Gasteiger partial charge in [0.2, 0.25) is 0 Å². The molecule has 0 aliphatic rings. The van der Waals surface area contributed by atoms with Crippen LogP contribution in [0.3, 0.4) is 0 Å². The van der Waals surface area contributed by atoms with Crippen LogP contribution in [0, 0.1) is 5.82 Å². The molecule has 0 amide bonds. The van der Waals surface area contributed by atoms with E-state index in [0.29, 0.717) is 34.7 Å². The molecule has 0 aliphatic carbocycles. The van der Waals surface area contributed by atoms with E-state index in [9.17, 15) is 12.8 Å². The van der Waals surface area contributed by atoms with E-state index in [2.05, 4.69) is 19.9 Å². The van der Waals surface area contributed by atoms with Crippen molar-refractivity contribution in [3.05, 3.63) is 66.0 Å². The molecule has 4 rings (SSSR count). The molecule has 9 nitrogen and oxygen atoms in total. The topological polar surface area (TPSA) is 126 Å². The first-order valence-corrected chi connectivity index (χ1v) is 10.6. The van der Waals surface area contributed by atoms with Gasteiger partial charge < -0.3 is 10.3 Å². The lowest BCUT2D eigenvalue weighted by Crippen LogP contribution is -2.05. The number of aromatic nitrogens is 5. The molecular formula is C19H17FN6O3S. The molecule has 0 spiro atoms. The molecule has 0 bridgehead atoms. The van der Waals surface area contributed by atoms with Gasteiger partial charge in [-0.2, -0.15) is 8.42 Å². The molecule has 3 aromatic heterocycles. The molecule has 4 aromatic rings. The third-order valence-corrected chi connectivity index (χ3v) is 4.87. The van der Waals surface area contributed by atoms with Crippen LogP contribution in [0.25, 0.3) is 22.6 Å². The molecule has 0 atom stereocenters. The standard InChI is InChI=1S/C19H17FN6O3S/c1-30(27,28)29-10-13-4-2-12(3-5-13)9-26-18(14-6-15(20)8-22-7-14)25-16-17(21)23-11-24-19(16)26/h2-8,11H,9-10H2,1H3,(H2,21,23,24). The normalized spacial score (nSPS) is 11.8. The maximum Gasteiger partial charge on any atom is 0.264 e. The Morgan fingerprint density at radius 3 is 2.57 bits per heavy atom. The van der Waals surface area contributed by atoms with Crippen molar-refractivity contribution in [1.29, 1.82) is 0 Å². The number of nitrogen functional groups attached to an aromatic ring is 1. The average Bonchev–Trinajstić information content (AvgIpc) is 3.07. The lowest BCUT2D eigenvalue weighted by Gasteiger charge is -2.10. The molecule has 2 N–H and O–H groups in total. The molecule has 0 unspecified atom stereocenters. The third-order valence-electron chi connectivity index (χ3n) is 4.33. The molecule has 0 fully saturated rings. The Morgan fingerprint density at radius 1 is 1.13 bits per heavy atom. The predicted octanol–water partition coefficient (Wildman–Crippen LogP) is 2.13. The SMILES string of the molecule is CS(=O)(=O)OCc1ccc(Cn2c(-c3cncc(F)c3)nc3c(N)ncnc32)cc1. The monoisotopic (exact) mass is 428 g/mol. The zero-order chi connectivity index (χ0) is 21.3. The van der Waals surface area contributed by atoms with Crippen molar-refractivity contribution in [2.45, 2.75) is 13.2 Å². The van der Waals surface area contributed by atoms with Gasteiger partial charge in [-0.25, -0.2) is 19.3 Å². The zero-order valence-electron chi connectivity index (χ0n) is 15.9. The Morgan fingerprint density at radius 2 is 1.87 bits per heavy atom. The van der Waals surface area contributed by atoms with Gasteiger partial charge in [-0.15, -0.1) is 0 Å². The van der Waals surface area contributed by atoms with Gasteiger partial charge in [0.05, 0.1) is 25.6 Å². The molecule has 30 heavy (non-hydrogen) atoms. The van der Waals surface area contributed by atoms with E-state index in [0.717, 1.165) is 18.0 Å². The predicted molar refractivity (Wildman–Crippen MR) is 108 cm³/mol. The van der Waals surface area contributed by atoms with E-state index < -0.39 is 15.9 Å². The fourth-order valence-electron chi connectivity index (χ4n) is 2.96. The lowest BCUT2D eigenvalue weighted by molar-refractivity contribution is 0.311. The van der Waals surface area contributed by atoms with Gasteiger partial charge in [0.1, 0.15) is 18.0 Å². The maximum absolute atomic E-state index is 13.7. The van der Waals surface area contributed by atoms with E-state index in [4.69, 9.17) is 9.92 Å². The number of nitrogens with zero attached hydrogens (tertiary/aromatic N) is 5. The first-order chi connectivity index (χ1) is 14.3. The number of imidazole rings is 1. The van der Waals surface area contributed by atoms with Gasteiger partial charge in [0.25, 0.3) is 10.1 Å². The summed E-state index contributed by atoms with van der Waals surface area (Å²) in [5.74, 6) is 0.187. The Balaban J connectivity index is 1.71. The lowest BCUT2D eigenvalue weighted by atomic mass is 10.1. The summed E-state index contributed by atoms with van der Waals surface area (Å²) in [6, 6.07) is 8.55. The fourth-order valence-corrected chi connectivity index (χ4v) is 3.31. The van der Waals surface area contributed by atoms with Gasteiger partial charge in [0, 0.05) is 11.8 Å². The summed E-state index contributed by atoms with van der Waals surface area (Å²) in [5, 5.41) is 0. The second kappa shape index (κ2) is 7.76. The van der Waals surface area contributed by atoms with Crippen LogP contribution in [0.15, 0.2) is 49.1 Å². The molecule has 0 aliphatic heterocycles. The summed E-state index contributed by atoms with van der Waals surface area (Å²) >= 11 is 0. The van der Waals surface area contributed by atoms with Crippen LogP contribution in [-0.2, 0) is 27.5 Å². The van der Waals surface area contributed by atoms with Crippen molar-refractivity contribution in [3.8, 4) is 11.4 Å². The number of hydrogen-bond donors (Lipinski definition) is 1. The Bertz CT molecular complexity index is 1320. The highest BCUT2D eigenvalue weighted by atomic mass is 32.2. The molecule has 1 aromatic carbocycles. The molecular weight excluding hydrogens is 411 g/mol. The minimum atomic E-state index is -3.52. The summed E-state index contributed by atoms with van der Waals surface area (Å²) in [6.45, 7) is 0.323. The molecule has 11 heteroatoms. The quantitative estimate of drug-likeness (QED) is 0.463. The third kappa shape index (κ3) is 4.26. The van der Waals surface area contributed by atoms with Crippen LogP contribution >= 0.6 is 0 Å². The van der Waals surface area contributed by atoms with E-state index >= 15 is 0 Å². The number of nitrogens with two attached hydrogens (primary N) is 1. The highest BCUT2D eigenvalue weighted by Gasteiger charge is 2.17. The Labute approximate surface area is 171 Å². The average molecular weight is 428 g/mol. The fraction of sp³-hybridized carbons (Fsp3) is 0.158. The second-order valence-corrected chi connectivity index (χ2v) is 8.27. The zero-order valence-corrected chi connectivity index (χ0v) is 16.7. The molecule has 3 heterocycles. The smallest absolute Gasteiger partial charge is 0.264 e. The van der Waals surface area contributed by atoms with Crippen LogP contribution in [0.1, 0.15) is 11.1 Å². The van der Waals surface area contributed by atoms with Gasteiger partial charge in [-0.05, 0) is 17.2 Å². The number of anilines is 1. The highest BCUT2D eigenvalue weighted by Crippen LogP contribution is 2.26.